The lowest BCUT2D eigenvalue weighted by Gasteiger charge is -2.15. The Bertz CT molecular complexity index is 619. The van der Waals surface area contributed by atoms with Crippen molar-refractivity contribution in [1.29, 1.82) is 0 Å². The Balaban J connectivity index is 1.63. The summed E-state index contributed by atoms with van der Waals surface area (Å²) in [6.45, 7) is 2.73. The van der Waals surface area contributed by atoms with Gasteiger partial charge in [-0.3, -0.25) is 4.99 Å². The molecule has 0 aliphatic carbocycles. The van der Waals surface area contributed by atoms with Crippen LogP contribution in [0.3, 0.4) is 0 Å². The van der Waals surface area contributed by atoms with Crippen molar-refractivity contribution < 1.29 is 4.74 Å². The molecule has 4 nitrogen and oxygen atoms in total. The van der Waals surface area contributed by atoms with Crippen molar-refractivity contribution >= 4 is 17.3 Å². The third-order valence-electron chi connectivity index (χ3n) is 3.40. The van der Waals surface area contributed by atoms with Crippen LogP contribution < -0.4 is 15.4 Å². The van der Waals surface area contributed by atoms with E-state index in [1.54, 1.807) is 18.4 Å². The van der Waals surface area contributed by atoms with Gasteiger partial charge >= 0.3 is 0 Å². The highest BCUT2D eigenvalue weighted by Crippen LogP contribution is 2.27. The first-order valence-corrected chi connectivity index (χ1v) is 7.97. The van der Waals surface area contributed by atoms with Crippen LogP contribution >= 0.6 is 11.3 Å². The van der Waals surface area contributed by atoms with Crippen LogP contribution in [-0.4, -0.2) is 26.2 Å². The molecule has 0 amide bonds. The maximum Gasteiger partial charge on any atom is 0.191 e. The Labute approximate surface area is 128 Å². The van der Waals surface area contributed by atoms with Crippen LogP contribution in [0.1, 0.15) is 11.3 Å². The van der Waals surface area contributed by atoms with Crippen LogP contribution in [0.2, 0.25) is 0 Å². The largest absolute Gasteiger partial charge is 0.497 e. The molecule has 21 heavy (non-hydrogen) atoms. The predicted molar refractivity (Wildman–Crippen MR) is 88.1 cm³/mol. The fourth-order valence-electron chi connectivity index (χ4n) is 2.23. The summed E-state index contributed by atoms with van der Waals surface area (Å²) in [6, 6.07) is 10.4. The van der Waals surface area contributed by atoms with Gasteiger partial charge in [0.15, 0.2) is 5.96 Å². The van der Waals surface area contributed by atoms with E-state index in [1.807, 2.05) is 12.1 Å². The van der Waals surface area contributed by atoms with Crippen LogP contribution in [0, 0.1) is 0 Å². The van der Waals surface area contributed by atoms with E-state index < -0.39 is 0 Å². The highest BCUT2D eigenvalue weighted by molar-refractivity contribution is 7.10. The molecular formula is C16H19N3OS. The quantitative estimate of drug-likeness (QED) is 0.913. The lowest BCUT2D eigenvalue weighted by atomic mass is 10.1. The van der Waals surface area contributed by atoms with Gasteiger partial charge in [0.05, 0.1) is 13.7 Å². The first kappa shape index (κ1) is 13.9. The van der Waals surface area contributed by atoms with Crippen molar-refractivity contribution in [3.05, 3.63) is 40.6 Å². The summed E-state index contributed by atoms with van der Waals surface area (Å²) in [6.07, 6.45) is 1.12. The van der Waals surface area contributed by atoms with Crippen molar-refractivity contribution in [2.75, 3.05) is 20.2 Å². The monoisotopic (exact) mass is 301 g/mol. The minimum absolute atomic E-state index is 0.812. The van der Waals surface area contributed by atoms with E-state index in [2.05, 4.69) is 39.2 Å². The molecule has 0 unspecified atom stereocenters. The average Bonchev–Trinajstić information content (AvgIpc) is 3.03. The standard InChI is InChI=1S/C16H19N3OS/c1-20-14-5-3-12(4-6-14)13-9-15(21-11-13)10-19-16-17-7-2-8-18-16/h3-6,9,11H,2,7-8,10H2,1H3,(H2,17,18,19). The third kappa shape index (κ3) is 3.55. The van der Waals surface area contributed by atoms with E-state index in [1.165, 1.54) is 16.0 Å². The number of nitrogens with one attached hydrogen (secondary N) is 2. The Morgan fingerprint density at radius 2 is 2.14 bits per heavy atom. The van der Waals surface area contributed by atoms with E-state index in [9.17, 15) is 0 Å². The normalized spacial score (nSPS) is 14.2. The summed E-state index contributed by atoms with van der Waals surface area (Å²) in [7, 11) is 1.69. The molecule has 1 aliphatic heterocycles. The zero-order valence-electron chi connectivity index (χ0n) is 12.1. The molecule has 0 saturated carbocycles. The van der Waals surface area contributed by atoms with Crippen LogP contribution in [0.4, 0.5) is 0 Å². The van der Waals surface area contributed by atoms with Gasteiger partial charge in [0, 0.05) is 18.0 Å². The van der Waals surface area contributed by atoms with Crippen molar-refractivity contribution in [2.45, 2.75) is 13.0 Å². The molecule has 0 atom stereocenters. The zero-order valence-corrected chi connectivity index (χ0v) is 12.9. The Morgan fingerprint density at radius 1 is 1.29 bits per heavy atom. The van der Waals surface area contributed by atoms with Gasteiger partial charge < -0.3 is 15.4 Å². The molecular weight excluding hydrogens is 282 g/mol. The van der Waals surface area contributed by atoms with Crippen LogP contribution in [-0.2, 0) is 6.54 Å². The van der Waals surface area contributed by atoms with E-state index in [-0.39, 0.29) is 0 Å². The Hall–Kier alpha value is -2.01. The number of methoxy groups -OCH3 is 1. The number of guanidine groups is 1. The number of thiophene rings is 1. The molecule has 2 N–H and O–H groups in total. The van der Waals surface area contributed by atoms with Crippen molar-refractivity contribution in [1.82, 2.24) is 10.6 Å². The van der Waals surface area contributed by atoms with Crippen molar-refractivity contribution in [3.63, 3.8) is 0 Å². The van der Waals surface area contributed by atoms with E-state index >= 15 is 0 Å². The van der Waals surface area contributed by atoms with Gasteiger partial charge in [0.2, 0.25) is 0 Å². The average molecular weight is 301 g/mol. The van der Waals surface area contributed by atoms with E-state index in [4.69, 9.17) is 4.74 Å². The molecule has 0 bridgehead atoms. The van der Waals surface area contributed by atoms with Gasteiger partial charge in [0.25, 0.3) is 0 Å². The number of rotatable bonds is 4. The highest BCUT2D eigenvalue weighted by atomic mass is 32.1. The number of aliphatic imine (C=N–C) groups is 1. The summed E-state index contributed by atoms with van der Waals surface area (Å²) in [4.78, 5) is 5.72. The minimum Gasteiger partial charge on any atom is -0.497 e. The Kier molecular flexibility index (Phi) is 4.40. The number of benzene rings is 1. The summed E-state index contributed by atoms with van der Waals surface area (Å²) in [5.41, 5.74) is 2.46. The lowest BCUT2D eigenvalue weighted by Crippen LogP contribution is -2.40. The number of nitrogens with zero attached hydrogens (tertiary/aromatic N) is 1. The number of hydrogen-bond acceptors (Lipinski definition) is 5. The molecule has 0 fully saturated rings. The van der Waals surface area contributed by atoms with Crippen LogP contribution in [0.5, 0.6) is 5.75 Å². The van der Waals surface area contributed by atoms with Gasteiger partial charge in [-0.15, -0.1) is 11.3 Å². The second kappa shape index (κ2) is 6.63. The predicted octanol–water partition coefficient (Wildman–Crippen LogP) is 2.86. The van der Waals surface area contributed by atoms with Gasteiger partial charge in [0.1, 0.15) is 5.75 Å². The molecule has 1 aromatic heterocycles. The molecule has 1 aromatic carbocycles. The van der Waals surface area contributed by atoms with Gasteiger partial charge in [-0.05, 0) is 41.1 Å². The van der Waals surface area contributed by atoms with Gasteiger partial charge in [-0.2, -0.15) is 0 Å². The molecule has 3 rings (SSSR count). The maximum absolute atomic E-state index is 5.19. The third-order valence-corrected chi connectivity index (χ3v) is 4.34. The molecule has 2 aromatic rings. The molecule has 110 valence electrons. The van der Waals surface area contributed by atoms with Crippen LogP contribution in [0.25, 0.3) is 11.1 Å². The maximum atomic E-state index is 5.19. The fraction of sp³-hybridized carbons (Fsp3) is 0.312. The Morgan fingerprint density at radius 3 is 2.86 bits per heavy atom. The second-order valence-corrected chi connectivity index (χ2v) is 5.89. The highest BCUT2D eigenvalue weighted by Gasteiger charge is 2.06. The number of ether oxygens (including phenoxy) is 1. The van der Waals surface area contributed by atoms with Crippen LogP contribution in [0.15, 0.2) is 40.7 Å². The first-order valence-electron chi connectivity index (χ1n) is 7.09. The van der Waals surface area contributed by atoms with Gasteiger partial charge in [-0.1, -0.05) is 12.1 Å². The molecule has 2 heterocycles. The molecule has 0 radical (unpaired) electrons. The fourth-order valence-corrected chi connectivity index (χ4v) is 3.06. The van der Waals surface area contributed by atoms with E-state index in [0.717, 1.165) is 37.8 Å². The summed E-state index contributed by atoms with van der Waals surface area (Å²) < 4.78 is 5.19. The SMILES string of the molecule is COc1ccc(-c2csc(CNC3=NCCCN3)c2)cc1. The lowest BCUT2D eigenvalue weighted by molar-refractivity contribution is 0.415. The smallest absolute Gasteiger partial charge is 0.191 e. The molecule has 5 heteroatoms. The minimum atomic E-state index is 0.812. The zero-order chi connectivity index (χ0) is 14.5. The number of hydrogen-bond donors (Lipinski definition) is 2. The van der Waals surface area contributed by atoms with Crippen molar-refractivity contribution in [3.8, 4) is 16.9 Å². The molecule has 1 aliphatic rings. The first-order chi connectivity index (χ1) is 10.3. The summed E-state index contributed by atoms with van der Waals surface area (Å²) >= 11 is 1.77. The second-order valence-electron chi connectivity index (χ2n) is 4.89. The van der Waals surface area contributed by atoms with Gasteiger partial charge in [-0.25, -0.2) is 0 Å². The van der Waals surface area contributed by atoms with Crippen molar-refractivity contribution in [2.24, 2.45) is 4.99 Å². The summed E-state index contributed by atoms with van der Waals surface area (Å²) in [5, 5.41) is 8.81. The topological polar surface area (TPSA) is 45.6 Å². The molecule has 0 spiro atoms. The van der Waals surface area contributed by atoms with E-state index in [0.29, 0.717) is 0 Å². The molecule has 0 saturated heterocycles. The summed E-state index contributed by atoms with van der Waals surface area (Å²) in [5.74, 6) is 1.80.